The van der Waals surface area contributed by atoms with Crippen LogP contribution in [0.5, 0.6) is 11.5 Å². The van der Waals surface area contributed by atoms with Crippen molar-refractivity contribution < 1.29 is 19.1 Å². The van der Waals surface area contributed by atoms with E-state index in [4.69, 9.17) is 14.5 Å². The smallest absolute Gasteiger partial charge is 0.263 e. The van der Waals surface area contributed by atoms with Gasteiger partial charge in [0.25, 0.3) is 11.8 Å². The molecule has 0 aliphatic carbocycles. The zero-order valence-electron chi connectivity index (χ0n) is 21.1. The minimum absolute atomic E-state index is 0.0167. The summed E-state index contributed by atoms with van der Waals surface area (Å²) in [6.45, 7) is 5.69. The van der Waals surface area contributed by atoms with Crippen molar-refractivity contribution in [3.05, 3.63) is 72.3 Å². The standard InChI is InChI=1S/C28H32N4O4/c1-19-18-31(26-12-8-11-23(30-26)21-9-6-5-7-10-21)15-16-32(19)28(34)20(2)36-24-14-13-22(27(33)29-3)17-25(24)35-4/h5-14,17,19-20H,15-16,18H2,1-4H3,(H,29,33)/t19-,20+/m1/s1. The first-order valence-electron chi connectivity index (χ1n) is 12.1. The van der Waals surface area contributed by atoms with Gasteiger partial charge in [0.05, 0.1) is 12.8 Å². The first-order chi connectivity index (χ1) is 17.4. The molecule has 1 N–H and O–H groups in total. The maximum Gasteiger partial charge on any atom is 0.263 e. The molecule has 1 saturated heterocycles. The lowest BCUT2D eigenvalue weighted by Gasteiger charge is -2.41. The predicted molar refractivity (Wildman–Crippen MR) is 140 cm³/mol. The number of ether oxygens (including phenoxy) is 2. The first kappa shape index (κ1) is 25.0. The molecule has 0 bridgehead atoms. The molecular weight excluding hydrogens is 456 g/mol. The quantitative estimate of drug-likeness (QED) is 0.547. The molecule has 36 heavy (non-hydrogen) atoms. The maximum absolute atomic E-state index is 13.3. The summed E-state index contributed by atoms with van der Waals surface area (Å²) in [5.74, 6) is 1.41. The monoisotopic (exact) mass is 488 g/mol. The number of amides is 2. The summed E-state index contributed by atoms with van der Waals surface area (Å²) in [6.07, 6.45) is -0.710. The number of hydrogen-bond donors (Lipinski definition) is 1. The second kappa shape index (κ2) is 11.1. The van der Waals surface area contributed by atoms with E-state index in [0.717, 1.165) is 17.1 Å². The molecule has 0 unspecified atom stereocenters. The number of aromatic nitrogens is 1. The van der Waals surface area contributed by atoms with E-state index >= 15 is 0 Å². The van der Waals surface area contributed by atoms with Crippen molar-refractivity contribution in [2.75, 3.05) is 38.7 Å². The average Bonchev–Trinajstić information content (AvgIpc) is 2.92. The molecule has 2 heterocycles. The van der Waals surface area contributed by atoms with Gasteiger partial charge in [-0.3, -0.25) is 9.59 Å². The van der Waals surface area contributed by atoms with Crippen LogP contribution in [0.2, 0.25) is 0 Å². The number of pyridine rings is 1. The summed E-state index contributed by atoms with van der Waals surface area (Å²) >= 11 is 0. The summed E-state index contributed by atoms with van der Waals surface area (Å²) in [5, 5.41) is 2.58. The average molecular weight is 489 g/mol. The van der Waals surface area contributed by atoms with Crippen LogP contribution in [-0.2, 0) is 4.79 Å². The molecule has 8 heteroatoms. The molecule has 2 atom stereocenters. The maximum atomic E-state index is 13.3. The van der Waals surface area contributed by atoms with Crippen LogP contribution in [0.3, 0.4) is 0 Å². The lowest BCUT2D eigenvalue weighted by Crippen LogP contribution is -2.56. The Labute approximate surface area is 211 Å². The minimum Gasteiger partial charge on any atom is -0.493 e. The fraction of sp³-hybridized carbons (Fsp3) is 0.321. The number of hydrogen-bond acceptors (Lipinski definition) is 6. The zero-order valence-corrected chi connectivity index (χ0v) is 21.1. The molecule has 1 fully saturated rings. The number of nitrogens with zero attached hydrogens (tertiary/aromatic N) is 3. The SMILES string of the molecule is CNC(=O)c1ccc(O[C@@H](C)C(=O)N2CCN(c3cccc(-c4ccccc4)n3)C[C@H]2C)c(OC)c1. The highest BCUT2D eigenvalue weighted by atomic mass is 16.5. The molecule has 4 rings (SSSR count). The van der Waals surface area contributed by atoms with Gasteiger partial charge < -0.3 is 24.6 Å². The topological polar surface area (TPSA) is 84.0 Å². The van der Waals surface area contributed by atoms with E-state index in [0.29, 0.717) is 36.7 Å². The van der Waals surface area contributed by atoms with E-state index in [1.165, 1.54) is 7.11 Å². The summed E-state index contributed by atoms with van der Waals surface area (Å²) < 4.78 is 11.4. The van der Waals surface area contributed by atoms with Crippen molar-refractivity contribution in [2.24, 2.45) is 0 Å². The Morgan fingerprint density at radius 2 is 1.81 bits per heavy atom. The van der Waals surface area contributed by atoms with Gasteiger partial charge in [-0.2, -0.15) is 0 Å². The number of nitrogens with one attached hydrogen (secondary N) is 1. The molecule has 0 spiro atoms. The lowest BCUT2D eigenvalue weighted by molar-refractivity contribution is -0.140. The lowest BCUT2D eigenvalue weighted by atomic mass is 10.1. The van der Waals surface area contributed by atoms with Crippen molar-refractivity contribution in [3.63, 3.8) is 0 Å². The van der Waals surface area contributed by atoms with Gasteiger partial charge in [0, 0.05) is 43.9 Å². The fourth-order valence-electron chi connectivity index (χ4n) is 4.39. The van der Waals surface area contributed by atoms with Crippen molar-refractivity contribution in [1.82, 2.24) is 15.2 Å². The number of rotatable bonds is 7. The third-order valence-corrected chi connectivity index (χ3v) is 6.34. The number of carbonyl (C=O) groups excluding carboxylic acids is 2. The van der Waals surface area contributed by atoms with Gasteiger partial charge in [-0.25, -0.2) is 4.98 Å². The minimum atomic E-state index is -0.710. The van der Waals surface area contributed by atoms with Crippen LogP contribution in [0.4, 0.5) is 5.82 Å². The Morgan fingerprint density at radius 1 is 1.03 bits per heavy atom. The van der Waals surface area contributed by atoms with Gasteiger partial charge in [-0.15, -0.1) is 0 Å². The molecule has 0 saturated carbocycles. The van der Waals surface area contributed by atoms with E-state index in [2.05, 4.69) is 10.2 Å². The zero-order chi connectivity index (χ0) is 25.7. The molecule has 1 aromatic heterocycles. The third-order valence-electron chi connectivity index (χ3n) is 6.34. The van der Waals surface area contributed by atoms with E-state index < -0.39 is 6.10 Å². The third kappa shape index (κ3) is 5.43. The summed E-state index contributed by atoms with van der Waals surface area (Å²) in [7, 11) is 3.07. The molecule has 2 aromatic carbocycles. The number of anilines is 1. The van der Waals surface area contributed by atoms with Crippen LogP contribution in [0.25, 0.3) is 11.3 Å². The Kier molecular flexibility index (Phi) is 7.73. The molecule has 1 aliphatic rings. The molecule has 1 aliphatic heterocycles. The Morgan fingerprint density at radius 3 is 2.50 bits per heavy atom. The van der Waals surface area contributed by atoms with Gasteiger partial charge in [0.15, 0.2) is 17.6 Å². The highest BCUT2D eigenvalue weighted by molar-refractivity contribution is 5.94. The van der Waals surface area contributed by atoms with Gasteiger partial charge in [0.2, 0.25) is 0 Å². The van der Waals surface area contributed by atoms with Crippen molar-refractivity contribution in [1.29, 1.82) is 0 Å². The first-order valence-corrected chi connectivity index (χ1v) is 12.1. The number of piperazine rings is 1. The van der Waals surface area contributed by atoms with Gasteiger partial charge >= 0.3 is 0 Å². The van der Waals surface area contributed by atoms with Crippen molar-refractivity contribution in [2.45, 2.75) is 26.0 Å². The molecule has 0 radical (unpaired) electrons. The molecule has 2 amide bonds. The van der Waals surface area contributed by atoms with Crippen molar-refractivity contribution in [3.8, 4) is 22.8 Å². The molecule has 3 aromatic rings. The Balaban J connectivity index is 1.41. The van der Waals surface area contributed by atoms with Crippen LogP contribution < -0.4 is 19.7 Å². The normalized spacial score (nSPS) is 16.3. The number of methoxy groups -OCH3 is 1. The Hall–Kier alpha value is -4.07. The predicted octanol–water partition coefficient (Wildman–Crippen LogP) is 3.62. The summed E-state index contributed by atoms with van der Waals surface area (Å²) in [5.41, 5.74) is 2.46. The van der Waals surface area contributed by atoms with Crippen LogP contribution in [0, 0.1) is 0 Å². The van der Waals surface area contributed by atoms with Gasteiger partial charge in [-0.05, 0) is 44.2 Å². The largest absolute Gasteiger partial charge is 0.493 e. The number of benzene rings is 2. The van der Waals surface area contributed by atoms with E-state index in [1.54, 1.807) is 32.2 Å². The van der Waals surface area contributed by atoms with Crippen LogP contribution >= 0.6 is 0 Å². The van der Waals surface area contributed by atoms with E-state index in [1.807, 2.05) is 60.4 Å². The molecule has 8 nitrogen and oxygen atoms in total. The Bertz CT molecular complexity index is 1220. The fourth-order valence-corrected chi connectivity index (χ4v) is 4.39. The van der Waals surface area contributed by atoms with E-state index in [9.17, 15) is 9.59 Å². The van der Waals surface area contributed by atoms with Crippen LogP contribution in [0.15, 0.2) is 66.7 Å². The highest BCUT2D eigenvalue weighted by Crippen LogP contribution is 2.30. The summed E-state index contributed by atoms with van der Waals surface area (Å²) in [6, 6.07) is 21.0. The van der Waals surface area contributed by atoms with Gasteiger partial charge in [0.1, 0.15) is 5.82 Å². The van der Waals surface area contributed by atoms with E-state index in [-0.39, 0.29) is 17.9 Å². The summed E-state index contributed by atoms with van der Waals surface area (Å²) in [4.78, 5) is 34.1. The molecular formula is C28H32N4O4. The van der Waals surface area contributed by atoms with Crippen molar-refractivity contribution >= 4 is 17.6 Å². The molecule has 188 valence electrons. The van der Waals surface area contributed by atoms with Crippen LogP contribution in [-0.4, -0.2) is 67.6 Å². The van der Waals surface area contributed by atoms with Gasteiger partial charge in [-0.1, -0.05) is 36.4 Å². The second-order valence-corrected chi connectivity index (χ2v) is 8.78. The highest BCUT2D eigenvalue weighted by Gasteiger charge is 2.32. The second-order valence-electron chi connectivity index (χ2n) is 8.78. The number of carbonyl (C=O) groups is 2. The van der Waals surface area contributed by atoms with Crippen LogP contribution in [0.1, 0.15) is 24.2 Å².